The molecule has 4 rings (SSSR count). The highest BCUT2D eigenvalue weighted by atomic mass is 16.6. The summed E-state index contributed by atoms with van der Waals surface area (Å²) in [5.41, 5.74) is 2.65. The lowest BCUT2D eigenvalue weighted by molar-refractivity contribution is -0.153. The van der Waals surface area contributed by atoms with E-state index in [2.05, 4.69) is 0 Å². The summed E-state index contributed by atoms with van der Waals surface area (Å²) in [4.78, 5) is 57.6. The number of hydrogen-bond donors (Lipinski definition) is 5. The number of hydrogen-bond acceptors (Lipinski definition) is 11. The van der Waals surface area contributed by atoms with Gasteiger partial charge in [-0.25, -0.2) is 4.79 Å². The number of anilines is 1. The zero-order valence-electron chi connectivity index (χ0n) is 28.0. The number of aliphatic hydroxyl groups excluding tert-OH is 2. The van der Waals surface area contributed by atoms with Crippen molar-refractivity contribution in [3.8, 4) is 5.75 Å². The molecule has 0 aliphatic heterocycles. The molecule has 0 radical (unpaired) electrons. The molecule has 252 valence electrons. The summed E-state index contributed by atoms with van der Waals surface area (Å²) in [6, 6.07) is 0.563. The second kappa shape index (κ2) is 11.9. The van der Waals surface area contributed by atoms with Crippen molar-refractivity contribution < 1.29 is 44.3 Å². The lowest BCUT2D eigenvalue weighted by atomic mass is 9.57. The van der Waals surface area contributed by atoms with E-state index in [0.29, 0.717) is 11.3 Å². The number of rotatable bonds is 7. The van der Waals surface area contributed by atoms with Crippen LogP contribution < -0.4 is 10.6 Å². The average Bonchev–Trinajstić information content (AvgIpc) is 2.90. The second-order valence-corrected chi connectivity index (χ2v) is 14.5. The van der Waals surface area contributed by atoms with Gasteiger partial charge in [-0.3, -0.25) is 19.3 Å². The van der Waals surface area contributed by atoms with Crippen LogP contribution in [0.3, 0.4) is 0 Å². The third-order valence-corrected chi connectivity index (χ3v) is 8.88. The number of likely N-dealkylation sites (N-methyl/N-ethyl adjacent to an activating group) is 1. The van der Waals surface area contributed by atoms with E-state index in [-0.39, 0.29) is 59.9 Å². The number of benzene rings is 1. The minimum atomic E-state index is -2.73. The van der Waals surface area contributed by atoms with E-state index in [9.17, 15) is 39.6 Å². The standard InChI is InChI=1S/C33H46N4O9/c1-15(2)46-31(44)37(14-32(3,4)5)13-17-12-20(35(6)7)18-10-16-11-19-24(36(8)9)27(40)23(30(34)43)29(42)33(19,45)28(41)21(16)26(39)22(18)25(17)38/h12,15-16,19,24,38-39,42,45H,10-11,13-14H2,1-9H3,(H2,34,43)/t16?,19?,24-,33-/m0/s1. The van der Waals surface area contributed by atoms with Gasteiger partial charge in [-0.2, -0.15) is 0 Å². The fourth-order valence-electron chi connectivity index (χ4n) is 7.10. The molecule has 1 aromatic carbocycles. The smallest absolute Gasteiger partial charge is 0.410 e. The number of phenolic OH excluding ortho intramolecular Hbond substituents is 1. The molecule has 13 nitrogen and oxygen atoms in total. The molecule has 6 N–H and O–H groups in total. The minimum absolute atomic E-state index is 0.0124. The van der Waals surface area contributed by atoms with Crippen LogP contribution in [0.25, 0.3) is 5.76 Å². The number of nitrogens with zero attached hydrogens (tertiary/aromatic N) is 3. The number of ether oxygens (including phenoxy) is 1. The molecule has 46 heavy (non-hydrogen) atoms. The summed E-state index contributed by atoms with van der Waals surface area (Å²) in [7, 11) is 6.68. The molecule has 0 spiro atoms. The monoisotopic (exact) mass is 642 g/mol. The van der Waals surface area contributed by atoms with E-state index in [1.165, 1.54) is 9.80 Å². The number of ketones is 2. The molecule has 3 aliphatic rings. The Balaban J connectivity index is 1.93. The number of primary amides is 1. The van der Waals surface area contributed by atoms with Gasteiger partial charge in [0.2, 0.25) is 5.78 Å². The lowest BCUT2D eigenvalue weighted by Crippen LogP contribution is -2.65. The Kier molecular flexibility index (Phi) is 9.01. The summed E-state index contributed by atoms with van der Waals surface area (Å²) in [5, 5.41) is 46.4. The maximum Gasteiger partial charge on any atom is 0.410 e. The summed E-state index contributed by atoms with van der Waals surface area (Å²) >= 11 is 0. The Bertz CT molecular complexity index is 1550. The van der Waals surface area contributed by atoms with E-state index in [1.807, 2.05) is 20.8 Å². The number of fused-ring (bicyclic) bond motifs is 3. The molecule has 3 aliphatic carbocycles. The van der Waals surface area contributed by atoms with Gasteiger partial charge in [-0.15, -0.1) is 0 Å². The van der Waals surface area contributed by atoms with Gasteiger partial charge < -0.3 is 40.7 Å². The van der Waals surface area contributed by atoms with Gasteiger partial charge in [0.15, 0.2) is 11.4 Å². The first-order valence-electron chi connectivity index (χ1n) is 15.3. The number of carbonyl (C=O) groups is 4. The van der Waals surface area contributed by atoms with Crippen LogP contribution in [-0.4, -0.2) is 106 Å². The van der Waals surface area contributed by atoms with E-state index < -0.39 is 64.1 Å². The molecular formula is C33H46N4O9. The van der Waals surface area contributed by atoms with Crippen LogP contribution in [0.2, 0.25) is 0 Å². The second-order valence-electron chi connectivity index (χ2n) is 14.5. The third-order valence-electron chi connectivity index (χ3n) is 8.88. The molecule has 13 heteroatoms. The van der Waals surface area contributed by atoms with Crippen LogP contribution in [0, 0.1) is 17.3 Å². The third kappa shape index (κ3) is 5.70. The predicted octanol–water partition coefficient (Wildman–Crippen LogP) is 2.42. The molecule has 0 aromatic heterocycles. The first kappa shape index (κ1) is 34.8. The van der Waals surface area contributed by atoms with Gasteiger partial charge in [-0.1, -0.05) is 20.8 Å². The van der Waals surface area contributed by atoms with Gasteiger partial charge in [0.05, 0.1) is 24.3 Å². The largest absolute Gasteiger partial charge is 0.508 e. The summed E-state index contributed by atoms with van der Waals surface area (Å²) in [5.74, 6) is -7.15. The molecule has 1 aromatic rings. The number of phenols is 1. The van der Waals surface area contributed by atoms with Gasteiger partial charge in [0, 0.05) is 43.4 Å². The number of nitrogens with two attached hydrogens (primary N) is 1. The van der Waals surface area contributed by atoms with E-state index in [1.54, 1.807) is 53.0 Å². The predicted molar refractivity (Wildman–Crippen MR) is 170 cm³/mol. The van der Waals surface area contributed by atoms with Gasteiger partial charge in [-0.05, 0) is 63.7 Å². The summed E-state index contributed by atoms with van der Waals surface area (Å²) < 4.78 is 5.47. The van der Waals surface area contributed by atoms with Crippen LogP contribution in [0.15, 0.2) is 23.0 Å². The van der Waals surface area contributed by atoms with Crippen molar-refractivity contribution in [2.24, 2.45) is 23.0 Å². The fourth-order valence-corrected chi connectivity index (χ4v) is 7.10. The Hall–Kier alpha value is -4.10. The summed E-state index contributed by atoms with van der Waals surface area (Å²) in [6.07, 6.45) is -0.829. The zero-order chi connectivity index (χ0) is 34.8. The molecule has 1 fully saturated rings. The van der Waals surface area contributed by atoms with Crippen molar-refractivity contribution in [3.63, 3.8) is 0 Å². The maximum atomic E-state index is 14.2. The van der Waals surface area contributed by atoms with Crippen LogP contribution in [0.5, 0.6) is 5.75 Å². The average molecular weight is 643 g/mol. The molecule has 0 heterocycles. The van der Waals surface area contributed by atoms with Crippen molar-refractivity contribution in [2.45, 2.75) is 71.8 Å². The van der Waals surface area contributed by atoms with Crippen molar-refractivity contribution in [1.82, 2.24) is 9.80 Å². The first-order valence-corrected chi connectivity index (χ1v) is 15.3. The zero-order valence-corrected chi connectivity index (χ0v) is 28.0. The topological polar surface area (TPSA) is 194 Å². The Morgan fingerprint density at radius 1 is 1.11 bits per heavy atom. The number of aliphatic hydroxyl groups is 3. The Morgan fingerprint density at radius 3 is 2.22 bits per heavy atom. The van der Waals surface area contributed by atoms with Gasteiger partial charge >= 0.3 is 6.09 Å². The van der Waals surface area contributed by atoms with Crippen LogP contribution in [0.1, 0.15) is 57.7 Å². The Morgan fingerprint density at radius 2 is 1.72 bits per heavy atom. The van der Waals surface area contributed by atoms with E-state index in [0.717, 1.165) is 0 Å². The molecule has 2 amide bonds. The molecule has 0 bridgehead atoms. The van der Waals surface area contributed by atoms with E-state index in [4.69, 9.17) is 10.5 Å². The van der Waals surface area contributed by atoms with Crippen molar-refractivity contribution in [3.05, 3.63) is 39.7 Å². The normalized spacial score (nSPS) is 24.6. The highest BCUT2D eigenvalue weighted by Crippen LogP contribution is 2.54. The first-order chi connectivity index (χ1) is 21.1. The molecule has 2 unspecified atom stereocenters. The number of Topliss-reactive ketones (excluding diaryl/α,β-unsaturated/α-hetero) is 2. The lowest BCUT2D eigenvalue weighted by Gasteiger charge is -2.50. The summed E-state index contributed by atoms with van der Waals surface area (Å²) in [6.45, 7) is 9.54. The van der Waals surface area contributed by atoms with Crippen LogP contribution in [-0.2, 0) is 32.1 Å². The molecular weight excluding hydrogens is 596 g/mol. The van der Waals surface area contributed by atoms with Crippen molar-refractivity contribution >= 4 is 35.0 Å². The highest BCUT2D eigenvalue weighted by Gasteiger charge is 2.64. The number of carbonyl (C=O) groups excluding carboxylic acids is 4. The van der Waals surface area contributed by atoms with Crippen molar-refractivity contribution in [2.75, 3.05) is 39.6 Å². The molecule has 1 saturated carbocycles. The number of amides is 2. The minimum Gasteiger partial charge on any atom is -0.508 e. The van der Waals surface area contributed by atoms with Crippen LogP contribution >= 0.6 is 0 Å². The van der Waals surface area contributed by atoms with Crippen molar-refractivity contribution in [1.29, 1.82) is 0 Å². The fraction of sp³-hybridized carbons (Fsp3) is 0.576. The Labute approximate surface area is 268 Å². The quantitative estimate of drug-likeness (QED) is 0.274. The van der Waals surface area contributed by atoms with Gasteiger partial charge in [0.1, 0.15) is 22.8 Å². The van der Waals surface area contributed by atoms with Crippen LogP contribution in [0.4, 0.5) is 10.5 Å². The molecule has 4 atom stereocenters. The highest BCUT2D eigenvalue weighted by molar-refractivity contribution is 6.24. The SMILES string of the molecule is CC(C)OC(=O)N(Cc1cc(N(C)C)c2c(c1O)C(O)=C1C(=O)[C@]3(O)C(O)=C(C(N)=O)C(=O)[C@@H](N(C)C)C3CC1C2)CC(C)(C)C. The number of aromatic hydroxyl groups is 1. The maximum absolute atomic E-state index is 14.2. The molecule has 0 saturated heterocycles. The van der Waals surface area contributed by atoms with Gasteiger partial charge in [0.25, 0.3) is 5.91 Å². The van der Waals surface area contributed by atoms with E-state index >= 15 is 0 Å².